The Bertz CT molecular complexity index is 402. The highest BCUT2D eigenvalue weighted by atomic mass is 32.2. The zero-order chi connectivity index (χ0) is 14.1. The molecule has 0 aliphatic rings. The van der Waals surface area contributed by atoms with Gasteiger partial charge in [0.25, 0.3) is 0 Å². The molecule has 104 valence electrons. The molecule has 0 aromatic heterocycles. The molecule has 0 fully saturated rings. The van der Waals surface area contributed by atoms with Crippen molar-refractivity contribution in [2.24, 2.45) is 0 Å². The normalized spacial score (nSPS) is 14.1. The average Bonchev–Trinajstić information content (AvgIpc) is 2.43. The van der Waals surface area contributed by atoms with Crippen LogP contribution in [0.1, 0.15) is 25.8 Å². The van der Waals surface area contributed by atoms with Gasteiger partial charge in [0.15, 0.2) is 0 Å². The Hall–Kier alpha value is -1.02. The molecule has 1 atom stereocenters. The molecule has 19 heavy (non-hydrogen) atoms. The Labute approximate surface area is 120 Å². The SMILES string of the molecule is CC(C)NC(C#N)(CSCCCO)c1ccccc1. The molecule has 1 aromatic rings. The minimum absolute atomic E-state index is 0.204. The monoisotopic (exact) mass is 278 g/mol. The zero-order valence-corrected chi connectivity index (χ0v) is 12.4. The fourth-order valence-electron chi connectivity index (χ4n) is 1.94. The number of hydrogen-bond acceptors (Lipinski definition) is 4. The topological polar surface area (TPSA) is 56.0 Å². The molecular formula is C15H22N2OS. The van der Waals surface area contributed by atoms with Gasteiger partial charge in [0.2, 0.25) is 0 Å². The first kappa shape index (κ1) is 16.0. The molecule has 0 heterocycles. The van der Waals surface area contributed by atoms with E-state index in [1.807, 2.05) is 44.2 Å². The van der Waals surface area contributed by atoms with Gasteiger partial charge >= 0.3 is 0 Å². The van der Waals surface area contributed by atoms with E-state index >= 15 is 0 Å². The van der Waals surface area contributed by atoms with Crippen LogP contribution in [0.15, 0.2) is 30.3 Å². The first-order valence-electron chi connectivity index (χ1n) is 6.57. The molecule has 1 rings (SSSR count). The molecule has 3 nitrogen and oxygen atoms in total. The molecule has 0 saturated heterocycles. The summed E-state index contributed by atoms with van der Waals surface area (Å²) < 4.78 is 0. The average molecular weight is 278 g/mol. The molecule has 2 N–H and O–H groups in total. The van der Waals surface area contributed by atoms with Crippen molar-refractivity contribution in [1.29, 1.82) is 5.26 Å². The molecule has 0 aliphatic heterocycles. The Morgan fingerprint density at radius 2 is 2.05 bits per heavy atom. The maximum atomic E-state index is 9.66. The maximum absolute atomic E-state index is 9.66. The van der Waals surface area contributed by atoms with Crippen LogP contribution in [0.3, 0.4) is 0 Å². The first-order valence-corrected chi connectivity index (χ1v) is 7.73. The fourth-order valence-corrected chi connectivity index (χ4v) is 3.04. The standard InChI is InChI=1S/C15H22N2OS/c1-13(2)17-15(11-16,12-19-10-6-9-18)14-7-4-3-5-8-14/h3-5,7-8,13,17-18H,6,9-10,12H2,1-2H3. The van der Waals surface area contributed by atoms with Gasteiger partial charge in [-0.25, -0.2) is 0 Å². The summed E-state index contributed by atoms with van der Waals surface area (Å²) >= 11 is 1.70. The minimum atomic E-state index is -0.657. The highest BCUT2D eigenvalue weighted by Gasteiger charge is 2.32. The lowest BCUT2D eigenvalue weighted by Crippen LogP contribution is -2.47. The Morgan fingerprint density at radius 1 is 1.37 bits per heavy atom. The van der Waals surface area contributed by atoms with Crippen molar-refractivity contribution in [3.8, 4) is 6.07 Å². The molecule has 0 radical (unpaired) electrons. The third-order valence-electron chi connectivity index (χ3n) is 2.76. The van der Waals surface area contributed by atoms with Crippen LogP contribution in [0.25, 0.3) is 0 Å². The van der Waals surface area contributed by atoms with Crippen LogP contribution >= 0.6 is 11.8 Å². The lowest BCUT2D eigenvalue weighted by atomic mass is 9.92. The van der Waals surface area contributed by atoms with Gasteiger partial charge in [0, 0.05) is 18.4 Å². The number of benzene rings is 1. The second-order valence-corrected chi connectivity index (χ2v) is 5.92. The van der Waals surface area contributed by atoms with Crippen molar-refractivity contribution in [2.75, 3.05) is 18.1 Å². The van der Waals surface area contributed by atoms with Crippen LogP contribution in [-0.2, 0) is 5.54 Å². The third-order valence-corrected chi connectivity index (χ3v) is 3.97. The van der Waals surface area contributed by atoms with Crippen LogP contribution in [0, 0.1) is 11.3 Å². The van der Waals surface area contributed by atoms with E-state index in [2.05, 4.69) is 11.4 Å². The number of hydrogen-bond donors (Lipinski definition) is 2. The quantitative estimate of drug-likeness (QED) is 0.717. The molecule has 0 amide bonds. The molecular weight excluding hydrogens is 256 g/mol. The molecule has 0 aliphatic carbocycles. The molecule has 1 aromatic carbocycles. The van der Waals surface area contributed by atoms with Crippen LogP contribution in [0.2, 0.25) is 0 Å². The largest absolute Gasteiger partial charge is 0.396 e. The van der Waals surface area contributed by atoms with Crippen LogP contribution < -0.4 is 5.32 Å². The van der Waals surface area contributed by atoms with Crippen molar-refractivity contribution >= 4 is 11.8 Å². The van der Waals surface area contributed by atoms with Gasteiger partial charge in [-0.05, 0) is 31.6 Å². The van der Waals surface area contributed by atoms with Gasteiger partial charge in [-0.15, -0.1) is 0 Å². The van der Waals surface area contributed by atoms with Gasteiger partial charge in [-0.2, -0.15) is 17.0 Å². The maximum Gasteiger partial charge on any atom is 0.141 e. The molecule has 1 unspecified atom stereocenters. The number of aliphatic hydroxyl groups is 1. The third kappa shape index (κ3) is 4.87. The van der Waals surface area contributed by atoms with Gasteiger partial charge in [-0.3, -0.25) is 5.32 Å². The van der Waals surface area contributed by atoms with E-state index < -0.39 is 5.54 Å². The van der Waals surface area contributed by atoms with E-state index in [4.69, 9.17) is 5.11 Å². The lowest BCUT2D eigenvalue weighted by molar-refractivity contribution is 0.296. The number of rotatable bonds is 8. The van der Waals surface area contributed by atoms with Crippen molar-refractivity contribution in [3.05, 3.63) is 35.9 Å². The van der Waals surface area contributed by atoms with Gasteiger partial charge in [-0.1, -0.05) is 30.3 Å². The Kier molecular flexibility index (Phi) is 6.93. The van der Waals surface area contributed by atoms with Gasteiger partial charge in [0.05, 0.1) is 6.07 Å². The summed E-state index contributed by atoms with van der Waals surface area (Å²) in [5.74, 6) is 1.55. The highest BCUT2D eigenvalue weighted by molar-refractivity contribution is 7.99. The number of nitrogens with one attached hydrogen (secondary N) is 1. The predicted molar refractivity (Wildman–Crippen MR) is 81.0 cm³/mol. The molecule has 0 spiro atoms. The van der Waals surface area contributed by atoms with Gasteiger partial charge in [0.1, 0.15) is 5.54 Å². The molecule has 4 heteroatoms. The Balaban J connectivity index is 2.86. The van der Waals surface area contributed by atoms with Crippen molar-refractivity contribution in [3.63, 3.8) is 0 Å². The summed E-state index contributed by atoms with van der Waals surface area (Å²) in [6.45, 7) is 4.30. The fraction of sp³-hybridized carbons (Fsp3) is 0.533. The van der Waals surface area contributed by atoms with Crippen LogP contribution in [0.4, 0.5) is 0 Å². The van der Waals surface area contributed by atoms with E-state index in [1.165, 1.54) is 0 Å². The van der Waals surface area contributed by atoms with Crippen molar-refractivity contribution in [1.82, 2.24) is 5.32 Å². The van der Waals surface area contributed by atoms with E-state index in [0.29, 0.717) is 5.75 Å². The summed E-state index contributed by atoms with van der Waals surface area (Å²) in [6.07, 6.45) is 0.767. The second kappa shape index (κ2) is 8.21. The smallest absolute Gasteiger partial charge is 0.141 e. The summed E-state index contributed by atoms with van der Waals surface area (Å²) in [7, 11) is 0. The Morgan fingerprint density at radius 3 is 2.58 bits per heavy atom. The summed E-state index contributed by atoms with van der Waals surface area (Å²) in [5.41, 5.74) is 0.345. The first-order chi connectivity index (χ1) is 9.14. The van der Waals surface area contributed by atoms with E-state index in [0.717, 1.165) is 17.7 Å². The summed E-state index contributed by atoms with van der Waals surface area (Å²) in [5, 5.41) is 21.9. The number of thioether (sulfide) groups is 1. The number of aliphatic hydroxyl groups excluding tert-OH is 1. The minimum Gasteiger partial charge on any atom is -0.396 e. The van der Waals surface area contributed by atoms with Crippen LogP contribution in [0.5, 0.6) is 0 Å². The van der Waals surface area contributed by atoms with Gasteiger partial charge < -0.3 is 5.11 Å². The summed E-state index contributed by atoms with van der Waals surface area (Å²) in [6, 6.07) is 12.5. The van der Waals surface area contributed by atoms with Crippen LogP contribution in [-0.4, -0.2) is 29.3 Å². The predicted octanol–water partition coefficient (Wildman–Crippen LogP) is 2.52. The molecule has 0 saturated carbocycles. The van der Waals surface area contributed by atoms with E-state index in [1.54, 1.807) is 11.8 Å². The number of nitriles is 1. The zero-order valence-electron chi connectivity index (χ0n) is 11.6. The highest BCUT2D eigenvalue weighted by Crippen LogP contribution is 2.26. The number of nitrogens with zero attached hydrogens (tertiary/aromatic N) is 1. The van der Waals surface area contributed by atoms with Crippen molar-refractivity contribution in [2.45, 2.75) is 31.8 Å². The lowest BCUT2D eigenvalue weighted by Gasteiger charge is -2.30. The second-order valence-electron chi connectivity index (χ2n) is 4.81. The van der Waals surface area contributed by atoms with Crippen molar-refractivity contribution < 1.29 is 5.11 Å². The van der Waals surface area contributed by atoms with E-state index in [-0.39, 0.29) is 12.6 Å². The van der Waals surface area contributed by atoms with E-state index in [9.17, 15) is 5.26 Å². The molecule has 0 bridgehead atoms. The summed E-state index contributed by atoms with van der Waals surface area (Å²) in [4.78, 5) is 0.